The topological polar surface area (TPSA) is 68.6 Å². The molecule has 5 rings (SSSR count). The van der Waals surface area contributed by atoms with Gasteiger partial charge in [-0.3, -0.25) is 9.69 Å². The summed E-state index contributed by atoms with van der Waals surface area (Å²) < 4.78 is 20.2. The lowest BCUT2D eigenvalue weighted by Crippen LogP contribution is -2.56. The van der Waals surface area contributed by atoms with Gasteiger partial charge in [0.2, 0.25) is 0 Å². The molecule has 166 valence electrons. The van der Waals surface area contributed by atoms with Crippen LogP contribution in [0.25, 0.3) is 0 Å². The van der Waals surface area contributed by atoms with E-state index in [1.807, 2.05) is 6.07 Å². The van der Waals surface area contributed by atoms with E-state index in [9.17, 15) is 14.4 Å². The first-order valence-electron chi connectivity index (χ1n) is 11.6. The second-order valence-corrected chi connectivity index (χ2v) is 9.60. The average molecular weight is 427 g/mol. The van der Waals surface area contributed by atoms with Crippen LogP contribution in [-0.4, -0.2) is 68.2 Å². The molecule has 31 heavy (non-hydrogen) atoms. The van der Waals surface area contributed by atoms with Gasteiger partial charge in [-0.05, 0) is 49.3 Å². The number of ketones is 1. The molecule has 3 aliphatic heterocycles. The van der Waals surface area contributed by atoms with Crippen molar-refractivity contribution in [2.24, 2.45) is 11.8 Å². The first kappa shape index (κ1) is 20.9. The smallest absolute Gasteiger partial charge is 0.151 e. The Hall–Kier alpha value is -2.01. The number of Topliss-reactive ketones (excluding diaryl/α,β-unsaturated/α-hetero) is 1. The molecular formula is C24H31FN4O2. The Bertz CT molecular complexity index is 860. The number of piperidine rings is 1. The Balaban J connectivity index is 1.16. The molecule has 4 atom stereocenters. The predicted octanol–water partition coefficient (Wildman–Crippen LogP) is 2.13. The van der Waals surface area contributed by atoms with Gasteiger partial charge in [0, 0.05) is 44.3 Å². The number of piperazine rings is 1. The zero-order valence-corrected chi connectivity index (χ0v) is 17.9. The van der Waals surface area contributed by atoms with Gasteiger partial charge in [0.25, 0.3) is 0 Å². The van der Waals surface area contributed by atoms with Gasteiger partial charge in [0.1, 0.15) is 5.82 Å². The van der Waals surface area contributed by atoms with Gasteiger partial charge >= 0.3 is 0 Å². The molecule has 1 saturated carbocycles. The van der Waals surface area contributed by atoms with Crippen LogP contribution in [0.2, 0.25) is 0 Å². The molecule has 7 heteroatoms. The molecule has 1 aliphatic carbocycles. The predicted molar refractivity (Wildman–Crippen MR) is 115 cm³/mol. The number of halogens is 1. The van der Waals surface area contributed by atoms with Gasteiger partial charge in [0.05, 0.1) is 37.3 Å². The number of nitriles is 1. The maximum atomic E-state index is 14.9. The van der Waals surface area contributed by atoms with Gasteiger partial charge in [0.15, 0.2) is 5.78 Å². The fourth-order valence-electron chi connectivity index (χ4n) is 5.69. The monoisotopic (exact) mass is 426 g/mol. The molecule has 3 heterocycles. The number of carbonyl (C=O) groups is 1. The highest BCUT2D eigenvalue weighted by atomic mass is 19.1. The van der Waals surface area contributed by atoms with Gasteiger partial charge < -0.3 is 15.0 Å². The van der Waals surface area contributed by atoms with Crippen LogP contribution < -0.4 is 10.2 Å². The lowest BCUT2D eigenvalue weighted by Gasteiger charge is -2.43. The number of fused-ring (bicyclic) bond motifs is 2. The number of benzene rings is 1. The Kier molecular flexibility index (Phi) is 5.96. The first-order chi connectivity index (χ1) is 15.1. The lowest BCUT2D eigenvalue weighted by molar-refractivity contribution is -0.122. The zero-order valence-electron chi connectivity index (χ0n) is 17.9. The average Bonchev–Trinajstić information content (AvgIpc) is 3.37. The highest BCUT2D eigenvalue weighted by Gasteiger charge is 2.42. The molecule has 1 N–H and O–H groups in total. The van der Waals surface area contributed by atoms with Crippen LogP contribution in [0.5, 0.6) is 0 Å². The number of carbonyl (C=O) groups excluding carboxylic acids is 1. The Morgan fingerprint density at radius 2 is 2.06 bits per heavy atom. The minimum Gasteiger partial charge on any atom is -0.378 e. The van der Waals surface area contributed by atoms with Crippen molar-refractivity contribution in [2.75, 3.05) is 44.3 Å². The summed E-state index contributed by atoms with van der Waals surface area (Å²) in [6, 6.07) is 8.48. The number of rotatable bonds is 7. The second-order valence-electron chi connectivity index (χ2n) is 9.60. The molecule has 1 aromatic rings. The Morgan fingerprint density at radius 3 is 2.65 bits per heavy atom. The summed E-state index contributed by atoms with van der Waals surface area (Å²) in [5.41, 5.74) is 1.41. The molecule has 0 unspecified atom stereocenters. The number of nitrogens with one attached hydrogen (secondary N) is 1. The number of nitrogens with zero attached hydrogens (tertiary/aromatic N) is 3. The van der Waals surface area contributed by atoms with Crippen LogP contribution in [0, 0.1) is 29.0 Å². The molecule has 6 nitrogen and oxygen atoms in total. The third kappa shape index (κ3) is 4.34. The van der Waals surface area contributed by atoms with Crippen LogP contribution in [0.4, 0.5) is 10.1 Å². The number of ether oxygens (including phenoxy) is 1. The zero-order chi connectivity index (χ0) is 21.4. The lowest BCUT2D eigenvalue weighted by atomic mass is 9.88. The molecule has 1 aromatic carbocycles. The van der Waals surface area contributed by atoms with Crippen molar-refractivity contribution in [1.82, 2.24) is 10.2 Å². The van der Waals surface area contributed by atoms with Crippen molar-refractivity contribution in [1.29, 1.82) is 5.26 Å². The highest BCUT2D eigenvalue weighted by Crippen LogP contribution is 2.36. The standard InChI is InChI=1S/C24H31FN4O2/c25-22-12-20(28-5-7-29(8-6-28)21-14-31-15-21)4-2-17(22)9-16(13-26)10-23(30)24-18-1-3-19(11-18)27-24/h2,4,12,16,18-19,21,24,27H,1,3,5-11,14-15H2/t16-,18+,19-,24+/m1/s1. The summed E-state index contributed by atoms with van der Waals surface area (Å²) in [5, 5.41) is 13.0. The molecule has 0 amide bonds. The summed E-state index contributed by atoms with van der Waals surface area (Å²) in [5.74, 6) is -0.226. The summed E-state index contributed by atoms with van der Waals surface area (Å²) in [6.07, 6.45) is 3.81. The normalized spacial score (nSPS) is 29.5. The summed E-state index contributed by atoms with van der Waals surface area (Å²) >= 11 is 0. The molecule has 2 bridgehead atoms. The minimum absolute atomic E-state index is 0.105. The van der Waals surface area contributed by atoms with E-state index >= 15 is 0 Å². The third-order valence-electron chi connectivity index (χ3n) is 7.66. The Labute approximate surface area is 183 Å². The molecule has 0 aromatic heterocycles. The minimum atomic E-state index is -0.484. The fourth-order valence-corrected chi connectivity index (χ4v) is 5.69. The Morgan fingerprint density at radius 1 is 1.26 bits per heavy atom. The van der Waals surface area contributed by atoms with Gasteiger partial charge in [-0.25, -0.2) is 4.39 Å². The SMILES string of the molecule is N#C[C@@H](CC(=O)[C@H]1N[C@@H]2CC[C@H]1C2)Cc1ccc(N2CCN(C3COC3)CC2)cc1F. The molecular weight excluding hydrogens is 395 g/mol. The first-order valence-corrected chi connectivity index (χ1v) is 11.6. The number of anilines is 1. The van der Waals surface area contributed by atoms with E-state index in [1.54, 1.807) is 12.1 Å². The number of hydrogen-bond acceptors (Lipinski definition) is 6. The number of hydrogen-bond donors (Lipinski definition) is 1. The quantitative estimate of drug-likeness (QED) is 0.721. The summed E-state index contributed by atoms with van der Waals surface area (Å²) in [4.78, 5) is 17.4. The maximum absolute atomic E-state index is 14.9. The van der Waals surface area contributed by atoms with Crippen LogP contribution in [0.1, 0.15) is 31.2 Å². The van der Waals surface area contributed by atoms with E-state index in [0.717, 1.165) is 64.3 Å². The van der Waals surface area contributed by atoms with Crippen molar-refractivity contribution < 1.29 is 13.9 Å². The van der Waals surface area contributed by atoms with E-state index in [4.69, 9.17) is 4.74 Å². The van der Waals surface area contributed by atoms with Crippen LogP contribution in [0.3, 0.4) is 0 Å². The largest absolute Gasteiger partial charge is 0.378 e. The van der Waals surface area contributed by atoms with Crippen LogP contribution >= 0.6 is 0 Å². The highest BCUT2D eigenvalue weighted by molar-refractivity contribution is 5.85. The van der Waals surface area contributed by atoms with Crippen molar-refractivity contribution in [3.63, 3.8) is 0 Å². The van der Waals surface area contributed by atoms with Gasteiger partial charge in [-0.2, -0.15) is 5.26 Å². The second kappa shape index (κ2) is 8.85. The summed E-state index contributed by atoms with van der Waals surface area (Å²) in [7, 11) is 0. The van der Waals surface area contributed by atoms with Gasteiger partial charge in [-0.15, -0.1) is 0 Å². The fraction of sp³-hybridized carbons (Fsp3) is 0.667. The van der Waals surface area contributed by atoms with E-state index in [2.05, 4.69) is 21.2 Å². The maximum Gasteiger partial charge on any atom is 0.151 e. The van der Waals surface area contributed by atoms with E-state index < -0.39 is 5.92 Å². The van der Waals surface area contributed by atoms with E-state index in [-0.39, 0.29) is 30.5 Å². The molecule has 3 saturated heterocycles. The summed E-state index contributed by atoms with van der Waals surface area (Å²) in [6.45, 7) is 5.33. The molecule has 0 spiro atoms. The van der Waals surface area contributed by atoms with E-state index in [1.165, 1.54) is 0 Å². The van der Waals surface area contributed by atoms with E-state index in [0.29, 0.717) is 23.6 Å². The molecule has 4 aliphatic rings. The van der Waals surface area contributed by atoms with Crippen molar-refractivity contribution in [3.05, 3.63) is 29.6 Å². The van der Waals surface area contributed by atoms with Crippen molar-refractivity contribution in [3.8, 4) is 6.07 Å². The third-order valence-corrected chi connectivity index (χ3v) is 7.66. The van der Waals surface area contributed by atoms with Crippen molar-refractivity contribution in [2.45, 2.75) is 50.2 Å². The van der Waals surface area contributed by atoms with Crippen molar-refractivity contribution >= 4 is 11.5 Å². The van der Waals surface area contributed by atoms with Crippen LogP contribution in [-0.2, 0) is 16.0 Å². The van der Waals surface area contributed by atoms with Gasteiger partial charge in [-0.1, -0.05) is 6.07 Å². The molecule has 0 radical (unpaired) electrons. The van der Waals surface area contributed by atoms with Crippen LogP contribution in [0.15, 0.2) is 18.2 Å². The molecule has 4 fully saturated rings.